The zero-order valence-corrected chi connectivity index (χ0v) is 14.9. The van der Waals surface area contributed by atoms with Gasteiger partial charge in [0.2, 0.25) is 0 Å². The molecule has 0 saturated heterocycles. The van der Waals surface area contributed by atoms with Crippen molar-refractivity contribution < 1.29 is 64.4 Å². The number of alkyl halides is 2. The van der Waals surface area contributed by atoms with Crippen molar-refractivity contribution >= 4 is 33.3 Å². The van der Waals surface area contributed by atoms with Crippen LogP contribution in [0.1, 0.15) is 11.1 Å². The number of rotatable bonds is 5. The van der Waals surface area contributed by atoms with Crippen LogP contribution in [-0.4, -0.2) is 24.7 Å². The quantitative estimate of drug-likeness (QED) is 0.404. The van der Waals surface area contributed by atoms with E-state index in [9.17, 15) is 13.0 Å². The van der Waals surface area contributed by atoms with Crippen molar-refractivity contribution in [2.45, 2.75) is 17.7 Å². The summed E-state index contributed by atoms with van der Waals surface area (Å²) in [5.74, 6) is 0.719. The van der Waals surface area contributed by atoms with Crippen LogP contribution in [0.5, 0.6) is 0 Å². The van der Waals surface area contributed by atoms with E-state index in [1.54, 1.807) is 12.1 Å². The van der Waals surface area contributed by atoms with Gasteiger partial charge in [0.05, 0.1) is 4.90 Å². The van der Waals surface area contributed by atoms with Crippen LogP contribution >= 0.6 is 23.2 Å². The molecule has 0 heterocycles. The molecule has 0 bridgehead atoms. The van der Waals surface area contributed by atoms with E-state index in [1.165, 1.54) is 6.07 Å². The molecule has 0 radical (unpaired) electrons. The van der Waals surface area contributed by atoms with E-state index in [0.29, 0.717) is 24.3 Å². The fourth-order valence-electron chi connectivity index (χ4n) is 1.44. The van der Waals surface area contributed by atoms with Crippen molar-refractivity contribution in [1.82, 2.24) is 0 Å². The van der Waals surface area contributed by atoms with Crippen molar-refractivity contribution in [2.24, 2.45) is 0 Å². The molecule has 1 aromatic carbocycles. The molecule has 0 aromatic heterocycles. The van der Waals surface area contributed by atoms with Gasteiger partial charge in [-0.3, -0.25) is 0 Å². The van der Waals surface area contributed by atoms with E-state index in [2.05, 4.69) is 0 Å². The molecule has 0 unspecified atom stereocenters. The van der Waals surface area contributed by atoms with Gasteiger partial charge in [0.25, 0.3) is 0 Å². The Kier molecular flexibility index (Phi) is 9.18. The summed E-state index contributed by atoms with van der Waals surface area (Å²) in [4.78, 5) is -0.188. The van der Waals surface area contributed by atoms with E-state index < -0.39 is 10.1 Å². The molecule has 0 saturated carbocycles. The number of halogens is 2. The maximum absolute atomic E-state index is 11.0. The molecular formula is C10H11Cl2KO3S. The van der Waals surface area contributed by atoms with E-state index in [0.717, 1.165) is 5.56 Å². The standard InChI is InChI=1S/C10H12Cl2O3S.K/c11-5-3-8-1-2-10(16(13,14)15)9(7-8)4-6-12;/h1-2,7H,3-6H2,(H,13,14,15);/q;+1/p-1. The molecule has 17 heavy (non-hydrogen) atoms. The van der Waals surface area contributed by atoms with E-state index in [1.807, 2.05) is 0 Å². The van der Waals surface area contributed by atoms with Crippen LogP contribution in [0.4, 0.5) is 0 Å². The maximum Gasteiger partial charge on any atom is 1.00 e. The number of aryl methyl sites for hydroxylation is 2. The molecule has 90 valence electrons. The van der Waals surface area contributed by atoms with Crippen molar-refractivity contribution in [2.75, 3.05) is 11.8 Å². The summed E-state index contributed by atoms with van der Waals surface area (Å²) in [7, 11) is -4.43. The summed E-state index contributed by atoms with van der Waals surface area (Å²) in [6.45, 7) is 0. The summed E-state index contributed by atoms with van der Waals surface area (Å²) in [6.07, 6.45) is 0.991. The Morgan fingerprint density at radius 3 is 2.18 bits per heavy atom. The van der Waals surface area contributed by atoms with Gasteiger partial charge in [-0.2, -0.15) is 0 Å². The zero-order valence-electron chi connectivity index (χ0n) is 9.45. The van der Waals surface area contributed by atoms with Crippen LogP contribution in [0.2, 0.25) is 0 Å². The first-order valence-electron chi connectivity index (χ1n) is 4.68. The molecule has 0 atom stereocenters. The van der Waals surface area contributed by atoms with Crippen LogP contribution in [0.3, 0.4) is 0 Å². The van der Waals surface area contributed by atoms with Crippen LogP contribution < -0.4 is 51.4 Å². The average Bonchev–Trinajstić information content (AvgIpc) is 2.17. The SMILES string of the molecule is O=S(=O)([O-])c1ccc(CCCl)cc1CCCl.[K+]. The zero-order chi connectivity index (χ0) is 12.2. The molecule has 7 heteroatoms. The van der Waals surface area contributed by atoms with Gasteiger partial charge in [0, 0.05) is 11.8 Å². The summed E-state index contributed by atoms with van der Waals surface area (Å²) in [5, 5.41) is 0. The minimum Gasteiger partial charge on any atom is -0.744 e. The molecule has 0 amide bonds. The normalized spacial score (nSPS) is 11.0. The van der Waals surface area contributed by atoms with Crippen LogP contribution in [0.15, 0.2) is 23.1 Å². The van der Waals surface area contributed by atoms with E-state index in [4.69, 9.17) is 23.2 Å². The second-order valence-electron chi connectivity index (χ2n) is 3.27. The maximum atomic E-state index is 11.0. The number of hydrogen-bond acceptors (Lipinski definition) is 3. The average molecular weight is 321 g/mol. The molecule has 0 aliphatic rings. The molecule has 0 aliphatic heterocycles. The summed E-state index contributed by atoms with van der Waals surface area (Å²) in [6, 6.07) is 4.60. The molecule has 0 aliphatic carbocycles. The van der Waals surface area contributed by atoms with Crippen LogP contribution in [0.25, 0.3) is 0 Å². The second-order valence-corrected chi connectivity index (χ2v) is 5.38. The Morgan fingerprint density at radius 2 is 1.71 bits per heavy atom. The smallest absolute Gasteiger partial charge is 0.744 e. The molecule has 1 aromatic rings. The topological polar surface area (TPSA) is 57.2 Å². The molecule has 1 rings (SSSR count). The third-order valence-corrected chi connectivity index (χ3v) is 3.46. The van der Waals surface area contributed by atoms with Crippen molar-refractivity contribution in [1.29, 1.82) is 0 Å². The fourth-order valence-corrected chi connectivity index (χ4v) is 2.58. The largest absolute Gasteiger partial charge is 1.00 e. The molecule has 0 spiro atoms. The Labute approximate surface area is 154 Å². The third-order valence-electron chi connectivity index (χ3n) is 2.14. The summed E-state index contributed by atoms with van der Waals surface area (Å²) >= 11 is 11.2. The molecule has 0 N–H and O–H groups in total. The Bertz CT molecular complexity index is 463. The van der Waals surface area contributed by atoms with Gasteiger partial charge in [-0.25, -0.2) is 8.42 Å². The third kappa shape index (κ3) is 5.89. The monoisotopic (exact) mass is 320 g/mol. The summed E-state index contributed by atoms with van der Waals surface area (Å²) < 4.78 is 32.9. The first-order valence-corrected chi connectivity index (χ1v) is 7.16. The van der Waals surface area contributed by atoms with Gasteiger partial charge in [-0.1, -0.05) is 12.1 Å². The van der Waals surface area contributed by atoms with Crippen molar-refractivity contribution in [3.63, 3.8) is 0 Å². The minimum absolute atomic E-state index is 0. The van der Waals surface area contributed by atoms with E-state index >= 15 is 0 Å². The molecular weight excluding hydrogens is 310 g/mol. The first kappa shape index (κ1) is 18.3. The predicted molar refractivity (Wildman–Crippen MR) is 63.3 cm³/mol. The fraction of sp³-hybridized carbons (Fsp3) is 0.400. The Balaban J connectivity index is 0.00000256. The van der Waals surface area contributed by atoms with Gasteiger partial charge in [0.1, 0.15) is 10.1 Å². The Morgan fingerprint density at radius 1 is 1.12 bits per heavy atom. The van der Waals surface area contributed by atoms with Crippen LogP contribution in [-0.2, 0) is 23.0 Å². The summed E-state index contributed by atoms with van der Waals surface area (Å²) in [5.41, 5.74) is 1.37. The predicted octanol–water partition coefficient (Wildman–Crippen LogP) is -0.843. The molecule has 0 fully saturated rings. The van der Waals surface area contributed by atoms with Gasteiger partial charge < -0.3 is 4.55 Å². The minimum atomic E-state index is -4.43. The molecule has 3 nitrogen and oxygen atoms in total. The number of hydrogen-bond donors (Lipinski definition) is 0. The second kappa shape index (κ2) is 8.50. The van der Waals surface area contributed by atoms with Gasteiger partial charge >= 0.3 is 51.4 Å². The van der Waals surface area contributed by atoms with Crippen LogP contribution in [0, 0.1) is 0 Å². The van der Waals surface area contributed by atoms with Gasteiger partial charge in [0.15, 0.2) is 0 Å². The Hall–Kier alpha value is 1.35. The van der Waals surface area contributed by atoms with Gasteiger partial charge in [-0.15, -0.1) is 23.2 Å². The first-order chi connectivity index (χ1) is 7.49. The van der Waals surface area contributed by atoms with Crippen molar-refractivity contribution in [3.05, 3.63) is 29.3 Å². The van der Waals surface area contributed by atoms with Gasteiger partial charge in [-0.05, 0) is 30.0 Å². The van der Waals surface area contributed by atoms with E-state index in [-0.39, 0.29) is 62.2 Å². The number of benzene rings is 1. The van der Waals surface area contributed by atoms with Crippen molar-refractivity contribution in [3.8, 4) is 0 Å².